The Labute approximate surface area is 129 Å². The van der Waals surface area contributed by atoms with Gasteiger partial charge in [-0.1, -0.05) is 36.6 Å². The molecule has 4 nitrogen and oxygen atoms in total. The molecule has 5 heteroatoms. The molecule has 1 fully saturated rings. The second kappa shape index (κ2) is 8.03. The summed E-state index contributed by atoms with van der Waals surface area (Å²) in [6.45, 7) is 0.190. The minimum Gasteiger partial charge on any atom is -0.456 e. The van der Waals surface area contributed by atoms with Crippen LogP contribution in [-0.2, 0) is 20.9 Å². The maximum atomic E-state index is 11.6. The Kier molecular flexibility index (Phi) is 6.05. The van der Waals surface area contributed by atoms with Crippen LogP contribution >= 0.6 is 11.6 Å². The number of hydrogen-bond acceptors (Lipinski definition) is 3. The molecule has 0 aliphatic heterocycles. The predicted octanol–water partition coefficient (Wildman–Crippen LogP) is 3.08. The molecule has 0 spiro atoms. The molecule has 1 aromatic rings. The molecule has 0 bridgehead atoms. The lowest BCUT2D eigenvalue weighted by Crippen LogP contribution is -2.28. The standard InChI is InChI=1S/C16H20ClNO3/c17-14-7-5-13(6-8-14)10-18-15(19)11-21-16(20)9-12-3-1-2-4-12/h5-8,12H,1-4,9-11H2,(H,18,19). The number of benzene rings is 1. The third-order valence-corrected chi connectivity index (χ3v) is 3.95. The number of carbonyl (C=O) groups is 2. The fraction of sp³-hybridized carbons (Fsp3) is 0.500. The smallest absolute Gasteiger partial charge is 0.306 e. The Bertz CT molecular complexity index is 481. The first-order chi connectivity index (χ1) is 10.1. The fourth-order valence-corrected chi connectivity index (χ4v) is 2.64. The van der Waals surface area contributed by atoms with Gasteiger partial charge in [0.1, 0.15) is 0 Å². The van der Waals surface area contributed by atoms with Crippen LogP contribution in [0.2, 0.25) is 5.02 Å². The molecule has 1 aromatic carbocycles. The molecule has 0 unspecified atom stereocenters. The molecule has 2 rings (SSSR count). The van der Waals surface area contributed by atoms with Crippen molar-refractivity contribution in [3.63, 3.8) is 0 Å². The Balaban J connectivity index is 1.62. The zero-order valence-corrected chi connectivity index (χ0v) is 12.7. The first-order valence-electron chi connectivity index (χ1n) is 7.30. The fourth-order valence-electron chi connectivity index (χ4n) is 2.51. The van der Waals surface area contributed by atoms with Crippen molar-refractivity contribution >= 4 is 23.5 Å². The molecule has 0 atom stereocenters. The molecular formula is C16H20ClNO3. The third kappa shape index (κ3) is 5.76. The first-order valence-corrected chi connectivity index (χ1v) is 7.68. The van der Waals surface area contributed by atoms with Crippen LogP contribution in [0.25, 0.3) is 0 Å². The highest BCUT2D eigenvalue weighted by Gasteiger charge is 2.19. The molecule has 21 heavy (non-hydrogen) atoms. The number of carbonyl (C=O) groups excluding carboxylic acids is 2. The summed E-state index contributed by atoms with van der Waals surface area (Å²) in [5.41, 5.74) is 0.949. The van der Waals surface area contributed by atoms with Gasteiger partial charge in [-0.2, -0.15) is 0 Å². The lowest BCUT2D eigenvalue weighted by atomic mass is 10.1. The van der Waals surface area contributed by atoms with Crippen molar-refractivity contribution in [1.29, 1.82) is 0 Å². The van der Waals surface area contributed by atoms with E-state index in [1.807, 2.05) is 12.1 Å². The average molecular weight is 310 g/mol. The van der Waals surface area contributed by atoms with E-state index in [1.165, 1.54) is 12.8 Å². The van der Waals surface area contributed by atoms with Gasteiger partial charge >= 0.3 is 5.97 Å². The number of halogens is 1. The van der Waals surface area contributed by atoms with Crippen LogP contribution in [0.3, 0.4) is 0 Å². The molecule has 0 saturated heterocycles. The van der Waals surface area contributed by atoms with Gasteiger partial charge in [-0.25, -0.2) is 0 Å². The Morgan fingerprint density at radius 1 is 1.19 bits per heavy atom. The van der Waals surface area contributed by atoms with Crippen LogP contribution in [0.1, 0.15) is 37.7 Å². The number of nitrogens with one attached hydrogen (secondary N) is 1. The molecule has 1 aliphatic carbocycles. The average Bonchev–Trinajstić information content (AvgIpc) is 2.97. The lowest BCUT2D eigenvalue weighted by Gasteiger charge is -2.09. The minimum absolute atomic E-state index is 0.209. The molecule has 0 radical (unpaired) electrons. The Morgan fingerprint density at radius 3 is 2.52 bits per heavy atom. The maximum Gasteiger partial charge on any atom is 0.306 e. The largest absolute Gasteiger partial charge is 0.456 e. The highest BCUT2D eigenvalue weighted by molar-refractivity contribution is 6.30. The van der Waals surface area contributed by atoms with Crippen LogP contribution in [0.4, 0.5) is 0 Å². The number of esters is 1. The first kappa shape index (κ1) is 15.8. The van der Waals surface area contributed by atoms with Crippen molar-refractivity contribution in [3.05, 3.63) is 34.9 Å². The summed E-state index contributed by atoms with van der Waals surface area (Å²) in [5, 5.41) is 3.37. The quantitative estimate of drug-likeness (QED) is 0.822. The second-order valence-electron chi connectivity index (χ2n) is 5.42. The van der Waals surface area contributed by atoms with Crippen LogP contribution < -0.4 is 5.32 Å². The number of ether oxygens (including phenoxy) is 1. The zero-order valence-electron chi connectivity index (χ0n) is 11.9. The Morgan fingerprint density at radius 2 is 1.86 bits per heavy atom. The molecule has 1 N–H and O–H groups in total. The number of hydrogen-bond donors (Lipinski definition) is 1. The maximum absolute atomic E-state index is 11.6. The SMILES string of the molecule is O=C(COC(=O)CC1CCCC1)NCc1ccc(Cl)cc1. The second-order valence-corrected chi connectivity index (χ2v) is 5.85. The van der Waals surface area contributed by atoms with Crippen molar-refractivity contribution in [2.75, 3.05) is 6.61 Å². The van der Waals surface area contributed by atoms with E-state index in [-0.39, 0.29) is 18.5 Å². The van der Waals surface area contributed by atoms with E-state index in [0.29, 0.717) is 23.9 Å². The van der Waals surface area contributed by atoms with Gasteiger partial charge in [-0.05, 0) is 36.5 Å². The summed E-state index contributed by atoms with van der Waals surface area (Å²) >= 11 is 5.78. The van der Waals surface area contributed by atoms with Crippen molar-refractivity contribution in [2.45, 2.75) is 38.6 Å². The van der Waals surface area contributed by atoms with Crippen molar-refractivity contribution in [2.24, 2.45) is 5.92 Å². The summed E-state index contributed by atoms with van der Waals surface area (Å²) in [5.74, 6) is -0.122. The van der Waals surface area contributed by atoms with E-state index in [9.17, 15) is 9.59 Å². The van der Waals surface area contributed by atoms with Gasteiger partial charge in [0.25, 0.3) is 5.91 Å². The van der Waals surface area contributed by atoms with Crippen LogP contribution in [-0.4, -0.2) is 18.5 Å². The molecule has 1 aliphatic rings. The number of amides is 1. The number of rotatable bonds is 6. The van der Waals surface area contributed by atoms with E-state index >= 15 is 0 Å². The summed E-state index contributed by atoms with van der Waals surface area (Å²) in [4.78, 5) is 23.2. The van der Waals surface area contributed by atoms with Crippen LogP contribution in [0.15, 0.2) is 24.3 Å². The van der Waals surface area contributed by atoms with Gasteiger partial charge in [0.2, 0.25) is 0 Å². The molecule has 0 aromatic heterocycles. The zero-order chi connectivity index (χ0) is 15.1. The summed E-state index contributed by atoms with van der Waals surface area (Å²) in [7, 11) is 0. The van der Waals surface area contributed by atoms with E-state index < -0.39 is 0 Å². The van der Waals surface area contributed by atoms with E-state index in [1.54, 1.807) is 12.1 Å². The van der Waals surface area contributed by atoms with Gasteiger partial charge in [0, 0.05) is 18.0 Å². The lowest BCUT2D eigenvalue weighted by molar-refractivity contribution is -0.149. The van der Waals surface area contributed by atoms with Gasteiger partial charge in [-0.3, -0.25) is 9.59 Å². The van der Waals surface area contributed by atoms with E-state index in [4.69, 9.17) is 16.3 Å². The molecular weight excluding hydrogens is 290 g/mol. The van der Waals surface area contributed by atoms with Crippen molar-refractivity contribution in [1.82, 2.24) is 5.32 Å². The van der Waals surface area contributed by atoms with Gasteiger partial charge in [0.05, 0.1) is 0 Å². The van der Waals surface area contributed by atoms with Crippen molar-refractivity contribution in [3.8, 4) is 0 Å². The van der Waals surface area contributed by atoms with Crippen LogP contribution in [0, 0.1) is 5.92 Å². The summed E-state index contributed by atoms with van der Waals surface area (Å²) < 4.78 is 5.00. The molecule has 1 amide bonds. The molecule has 114 valence electrons. The Hall–Kier alpha value is -1.55. The van der Waals surface area contributed by atoms with Gasteiger partial charge < -0.3 is 10.1 Å². The van der Waals surface area contributed by atoms with Crippen molar-refractivity contribution < 1.29 is 14.3 Å². The highest BCUT2D eigenvalue weighted by Crippen LogP contribution is 2.27. The van der Waals surface area contributed by atoms with Gasteiger partial charge in [-0.15, -0.1) is 0 Å². The van der Waals surface area contributed by atoms with E-state index in [0.717, 1.165) is 18.4 Å². The van der Waals surface area contributed by atoms with Crippen LogP contribution in [0.5, 0.6) is 0 Å². The van der Waals surface area contributed by atoms with Gasteiger partial charge in [0.15, 0.2) is 6.61 Å². The predicted molar refractivity (Wildman–Crippen MR) is 80.8 cm³/mol. The highest BCUT2D eigenvalue weighted by atomic mass is 35.5. The monoisotopic (exact) mass is 309 g/mol. The van der Waals surface area contributed by atoms with E-state index in [2.05, 4.69) is 5.32 Å². The molecule has 1 saturated carbocycles. The normalized spacial score (nSPS) is 14.9. The third-order valence-electron chi connectivity index (χ3n) is 3.70. The molecule has 0 heterocycles. The summed E-state index contributed by atoms with van der Waals surface area (Å²) in [6, 6.07) is 7.22. The minimum atomic E-state index is -0.287. The summed E-state index contributed by atoms with van der Waals surface area (Å²) in [6.07, 6.45) is 5.01. The topological polar surface area (TPSA) is 55.4 Å².